The zero-order valence-electron chi connectivity index (χ0n) is 13.3. The Labute approximate surface area is 152 Å². The van der Waals surface area contributed by atoms with E-state index >= 15 is 0 Å². The molecular weight excluding hydrogens is 358 g/mol. The summed E-state index contributed by atoms with van der Waals surface area (Å²) in [6, 6.07) is 14.4. The molecular formula is C18H14ClN3O2S. The fourth-order valence-electron chi connectivity index (χ4n) is 2.68. The highest BCUT2D eigenvalue weighted by Gasteiger charge is 2.35. The Balaban J connectivity index is 2.27. The molecule has 2 N–H and O–H groups in total. The Bertz CT molecular complexity index is 931. The molecule has 3 rings (SSSR count). The number of benzene rings is 1. The van der Waals surface area contributed by atoms with Crippen LogP contribution in [0, 0.1) is 11.3 Å². The monoisotopic (exact) mass is 371 g/mol. The Morgan fingerprint density at radius 2 is 2.00 bits per heavy atom. The van der Waals surface area contributed by atoms with Gasteiger partial charge < -0.3 is 10.5 Å². The first kappa shape index (κ1) is 17.2. The predicted octanol–water partition coefficient (Wildman–Crippen LogP) is 3.29. The quantitative estimate of drug-likeness (QED) is 0.894. The van der Waals surface area contributed by atoms with Crippen LogP contribution in [0.1, 0.15) is 17.2 Å². The average molecular weight is 372 g/mol. The van der Waals surface area contributed by atoms with Crippen LogP contribution in [0.25, 0.3) is 5.76 Å². The molecule has 0 amide bonds. The van der Waals surface area contributed by atoms with E-state index in [1.807, 2.05) is 0 Å². The van der Waals surface area contributed by atoms with Crippen molar-refractivity contribution in [3.8, 4) is 6.07 Å². The second-order valence-corrected chi connectivity index (χ2v) is 7.12. The van der Waals surface area contributed by atoms with Crippen molar-refractivity contribution >= 4 is 28.2 Å². The zero-order chi connectivity index (χ0) is 18.0. The Hall–Kier alpha value is -2.62. The van der Waals surface area contributed by atoms with E-state index in [0.29, 0.717) is 21.4 Å². The Morgan fingerprint density at radius 3 is 2.56 bits per heavy atom. The lowest BCUT2D eigenvalue weighted by Gasteiger charge is -2.27. The van der Waals surface area contributed by atoms with Crippen LogP contribution in [0.5, 0.6) is 0 Å². The summed E-state index contributed by atoms with van der Waals surface area (Å²) in [6.07, 6.45) is 3.15. The van der Waals surface area contributed by atoms with Crippen molar-refractivity contribution < 1.29 is 8.95 Å². The lowest BCUT2D eigenvalue weighted by Crippen LogP contribution is -2.22. The molecule has 0 saturated heterocycles. The molecule has 0 spiro atoms. The molecule has 7 heteroatoms. The third-order valence-corrected chi connectivity index (χ3v) is 5.08. The van der Waals surface area contributed by atoms with Crippen molar-refractivity contribution in [1.29, 1.82) is 5.26 Å². The summed E-state index contributed by atoms with van der Waals surface area (Å²) in [5, 5.41) is 10.1. The fraction of sp³-hybridized carbons (Fsp3) is 0.111. The first-order valence-corrected chi connectivity index (χ1v) is 9.28. The summed E-state index contributed by atoms with van der Waals surface area (Å²) < 4.78 is 18.2. The number of ether oxygens (including phenoxy) is 1. The van der Waals surface area contributed by atoms with Gasteiger partial charge in [0.2, 0.25) is 5.88 Å². The van der Waals surface area contributed by atoms with Crippen molar-refractivity contribution in [3.05, 3.63) is 81.3 Å². The van der Waals surface area contributed by atoms with E-state index in [-0.39, 0.29) is 11.5 Å². The third-order valence-electron chi connectivity index (χ3n) is 3.78. The summed E-state index contributed by atoms with van der Waals surface area (Å²) in [5.41, 5.74) is 7.46. The van der Waals surface area contributed by atoms with E-state index in [2.05, 4.69) is 11.1 Å². The van der Waals surface area contributed by atoms with Gasteiger partial charge in [-0.2, -0.15) is 5.26 Å². The average Bonchev–Trinajstić information content (AvgIpc) is 2.62. The molecule has 0 saturated carbocycles. The molecule has 0 aliphatic carbocycles. The largest absolute Gasteiger partial charge is 0.437 e. The minimum Gasteiger partial charge on any atom is -0.437 e. The van der Waals surface area contributed by atoms with Gasteiger partial charge in [0.05, 0.1) is 21.6 Å². The molecule has 2 unspecified atom stereocenters. The number of pyridine rings is 1. The number of nitrogens with two attached hydrogens (primary N) is 1. The van der Waals surface area contributed by atoms with Crippen LogP contribution < -0.4 is 5.73 Å². The van der Waals surface area contributed by atoms with Crippen LogP contribution in [-0.2, 0) is 15.5 Å². The van der Waals surface area contributed by atoms with Crippen LogP contribution in [0.4, 0.5) is 0 Å². The molecule has 1 aromatic carbocycles. The van der Waals surface area contributed by atoms with E-state index < -0.39 is 16.7 Å². The smallest absolute Gasteiger partial charge is 0.205 e. The van der Waals surface area contributed by atoms with Gasteiger partial charge in [0.15, 0.2) is 5.76 Å². The SMILES string of the molecule is CS(=O)C1=C(c2ccccn2)OC(N)=C(C#N)C1c1ccc(Cl)cc1. The normalized spacial score (nSPS) is 18.5. The lowest BCUT2D eigenvalue weighted by molar-refractivity contribution is 0.357. The van der Waals surface area contributed by atoms with E-state index in [1.165, 1.54) is 0 Å². The number of halogens is 1. The van der Waals surface area contributed by atoms with E-state index in [1.54, 1.807) is 54.9 Å². The molecule has 25 heavy (non-hydrogen) atoms. The highest BCUT2D eigenvalue weighted by atomic mass is 35.5. The molecule has 2 atom stereocenters. The summed E-state index contributed by atoms with van der Waals surface area (Å²) in [4.78, 5) is 4.71. The molecule has 5 nitrogen and oxygen atoms in total. The molecule has 0 fully saturated rings. The van der Waals surface area contributed by atoms with Gasteiger partial charge in [-0.1, -0.05) is 29.8 Å². The maximum absolute atomic E-state index is 12.5. The first-order chi connectivity index (χ1) is 12.0. The van der Waals surface area contributed by atoms with Crippen molar-refractivity contribution in [2.75, 3.05) is 6.26 Å². The Morgan fingerprint density at radius 1 is 1.28 bits per heavy atom. The molecule has 1 aliphatic heterocycles. The molecule has 2 aromatic rings. The lowest BCUT2D eigenvalue weighted by atomic mass is 9.89. The van der Waals surface area contributed by atoms with E-state index in [4.69, 9.17) is 22.1 Å². The van der Waals surface area contributed by atoms with Gasteiger partial charge in [0.1, 0.15) is 17.3 Å². The third kappa shape index (κ3) is 3.29. The minimum atomic E-state index is -1.41. The van der Waals surface area contributed by atoms with Gasteiger partial charge in [-0.25, -0.2) is 0 Å². The van der Waals surface area contributed by atoms with Crippen molar-refractivity contribution in [2.24, 2.45) is 5.73 Å². The van der Waals surface area contributed by atoms with Crippen LogP contribution in [0.2, 0.25) is 5.02 Å². The maximum atomic E-state index is 12.5. The van der Waals surface area contributed by atoms with Crippen molar-refractivity contribution in [3.63, 3.8) is 0 Å². The summed E-state index contributed by atoms with van der Waals surface area (Å²) >= 11 is 5.96. The zero-order valence-corrected chi connectivity index (χ0v) is 14.8. The number of aromatic nitrogens is 1. The van der Waals surface area contributed by atoms with Gasteiger partial charge in [-0.05, 0) is 29.8 Å². The molecule has 1 aliphatic rings. The number of nitrogens with zero attached hydrogens (tertiary/aromatic N) is 2. The van der Waals surface area contributed by atoms with Crippen LogP contribution in [-0.4, -0.2) is 15.4 Å². The van der Waals surface area contributed by atoms with Gasteiger partial charge in [0.25, 0.3) is 0 Å². The predicted molar refractivity (Wildman–Crippen MR) is 97.3 cm³/mol. The van der Waals surface area contributed by atoms with Gasteiger partial charge in [-0.3, -0.25) is 9.19 Å². The molecule has 126 valence electrons. The Kier molecular flexibility index (Phi) is 4.88. The van der Waals surface area contributed by atoms with Crippen LogP contribution in [0.15, 0.2) is 65.0 Å². The first-order valence-electron chi connectivity index (χ1n) is 7.35. The van der Waals surface area contributed by atoms with Crippen molar-refractivity contribution in [1.82, 2.24) is 4.98 Å². The standard InChI is InChI=1S/C18H14ClN3O2S/c1-25(23)17-15(11-5-7-12(19)8-6-11)13(10-20)18(21)24-16(17)14-4-2-3-9-22-14/h2-9,15H,21H2,1H3. The topological polar surface area (TPSA) is 89.0 Å². The highest BCUT2D eigenvalue weighted by molar-refractivity contribution is 7.88. The summed E-state index contributed by atoms with van der Waals surface area (Å²) in [5.74, 6) is -0.283. The minimum absolute atomic E-state index is 0.0164. The molecule has 1 aromatic heterocycles. The molecule has 2 heterocycles. The van der Waals surface area contributed by atoms with Crippen molar-refractivity contribution in [2.45, 2.75) is 5.92 Å². The number of rotatable bonds is 3. The van der Waals surface area contributed by atoms with Crippen LogP contribution in [0.3, 0.4) is 0 Å². The van der Waals surface area contributed by atoms with E-state index in [9.17, 15) is 9.47 Å². The second kappa shape index (κ2) is 7.09. The van der Waals surface area contributed by atoms with Crippen LogP contribution >= 0.6 is 11.6 Å². The number of hydrogen-bond acceptors (Lipinski definition) is 5. The van der Waals surface area contributed by atoms with E-state index in [0.717, 1.165) is 5.56 Å². The van der Waals surface area contributed by atoms with Gasteiger partial charge >= 0.3 is 0 Å². The number of allylic oxidation sites excluding steroid dienone is 2. The van der Waals surface area contributed by atoms with Gasteiger partial charge in [0, 0.05) is 17.5 Å². The maximum Gasteiger partial charge on any atom is 0.205 e. The number of nitriles is 1. The summed E-state index contributed by atoms with van der Waals surface area (Å²) in [6.45, 7) is 0. The molecule has 0 radical (unpaired) electrons. The summed E-state index contributed by atoms with van der Waals surface area (Å²) in [7, 11) is -1.41. The highest BCUT2D eigenvalue weighted by Crippen LogP contribution is 2.43. The fourth-order valence-corrected chi connectivity index (χ4v) is 3.80. The molecule has 0 bridgehead atoms. The van der Waals surface area contributed by atoms with Gasteiger partial charge in [-0.15, -0.1) is 0 Å². The second-order valence-electron chi connectivity index (χ2n) is 5.34. The number of hydrogen-bond donors (Lipinski definition) is 1.